The lowest BCUT2D eigenvalue weighted by Gasteiger charge is -2.03. The number of nitrogens with two attached hydrogens (primary N) is 2. The third-order valence-electron chi connectivity index (χ3n) is 2.61. The topological polar surface area (TPSA) is 75.2 Å². The largest absolute Gasteiger partial charge is 0.374 e. The molecule has 0 radical (unpaired) electrons. The summed E-state index contributed by atoms with van der Waals surface area (Å²) in [6.45, 7) is 4.00. The van der Waals surface area contributed by atoms with E-state index in [2.05, 4.69) is 4.99 Å². The van der Waals surface area contributed by atoms with Crippen LogP contribution in [0.3, 0.4) is 0 Å². The molecule has 4 nitrogen and oxygen atoms in total. The molecule has 0 saturated heterocycles. The van der Waals surface area contributed by atoms with Crippen molar-refractivity contribution in [3.05, 3.63) is 23.3 Å². The highest BCUT2D eigenvalue weighted by Crippen LogP contribution is 2.31. The molecule has 0 amide bonds. The van der Waals surface area contributed by atoms with Gasteiger partial charge in [-0.3, -0.25) is 0 Å². The highest BCUT2D eigenvalue weighted by atomic mass is 35.5. The number of aryl methyl sites for hydroxylation is 2. The monoisotopic (exact) mass is 256 g/mol. The van der Waals surface area contributed by atoms with Gasteiger partial charge in [0, 0.05) is 6.07 Å². The van der Waals surface area contributed by atoms with E-state index in [0.717, 1.165) is 24.7 Å². The number of hydrogen-bond donors (Lipinski definition) is 3. The third kappa shape index (κ3) is 3.43. The Hall–Kier alpha value is -1.10. The smallest absolute Gasteiger partial charge is 0.194 e. The van der Waals surface area contributed by atoms with Gasteiger partial charge >= 0.3 is 0 Å². The van der Waals surface area contributed by atoms with Crippen molar-refractivity contribution in [3.63, 3.8) is 0 Å². The van der Waals surface area contributed by atoms with Crippen LogP contribution in [0, 0.1) is 0 Å². The number of halogens is 1. The molecule has 17 heavy (non-hydrogen) atoms. The van der Waals surface area contributed by atoms with Crippen molar-refractivity contribution in [2.45, 2.75) is 33.1 Å². The van der Waals surface area contributed by atoms with Crippen LogP contribution in [0.25, 0.3) is 0 Å². The molecule has 1 aliphatic rings. The summed E-state index contributed by atoms with van der Waals surface area (Å²) in [5, 5.41) is 9.07. The molecule has 1 aliphatic carbocycles. The summed E-state index contributed by atoms with van der Waals surface area (Å²) in [6.07, 6.45) is 3.28. The van der Waals surface area contributed by atoms with Gasteiger partial charge in [-0.15, -0.1) is 0 Å². The van der Waals surface area contributed by atoms with E-state index >= 15 is 0 Å². The first kappa shape index (κ1) is 14.0. The minimum atomic E-state index is -0.0175. The van der Waals surface area contributed by atoms with Crippen LogP contribution in [0.5, 0.6) is 0 Å². The molecule has 0 spiro atoms. The predicted molar refractivity (Wildman–Crippen MR) is 70.3 cm³/mol. The second-order valence-electron chi connectivity index (χ2n) is 3.60. The molecule has 0 bridgehead atoms. The molecular weight excluding hydrogens is 238 g/mol. The van der Waals surface area contributed by atoms with E-state index < -0.39 is 0 Å². The van der Waals surface area contributed by atoms with Crippen LogP contribution >= 0.6 is 11.6 Å². The summed E-state index contributed by atoms with van der Waals surface area (Å²) in [5.74, 6) is 0. The fourth-order valence-corrected chi connectivity index (χ4v) is 2.04. The molecule has 94 valence electrons. The van der Waals surface area contributed by atoms with Crippen LogP contribution in [-0.2, 0) is 12.8 Å². The Morgan fingerprint density at radius 1 is 1.35 bits per heavy atom. The lowest BCUT2D eigenvalue weighted by atomic mass is 10.1. The molecule has 0 fully saturated rings. The Bertz CT molecular complexity index is 414. The molecular formula is C12H19ClN3O+. The Labute approximate surface area is 106 Å². The fraction of sp³-hybridized carbons (Fsp3) is 0.417. The van der Waals surface area contributed by atoms with Crippen molar-refractivity contribution in [3.8, 4) is 0 Å². The molecule has 0 unspecified atom stereocenters. The van der Waals surface area contributed by atoms with Crippen molar-refractivity contribution >= 4 is 28.3 Å². The minimum Gasteiger partial charge on any atom is -0.374 e. The number of aliphatic imine (C=N–C) groups is 1. The maximum Gasteiger partial charge on any atom is 0.194 e. The molecule has 1 aromatic carbocycles. The lowest BCUT2D eigenvalue weighted by molar-refractivity contribution is -0.825. The van der Waals surface area contributed by atoms with Crippen LogP contribution in [0.4, 0.5) is 11.4 Å². The van der Waals surface area contributed by atoms with Gasteiger partial charge in [-0.1, -0.05) is 13.8 Å². The zero-order valence-electron chi connectivity index (χ0n) is 10.2. The van der Waals surface area contributed by atoms with Gasteiger partial charge < -0.3 is 5.73 Å². The summed E-state index contributed by atoms with van der Waals surface area (Å²) in [7, 11) is 0. The number of amidine groups is 1. The zero-order chi connectivity index (χ0) is 12.8. The van der Waals surface area contributed by atoms with Gasteiger partial charge in [0.25, 0.3) is 0 Å². The zero-order valence-corrected chi connectivity index (χ0v) is 11.0. The second kappa shape index (κ2) is 6.59. The normalized spacial score (nSPS) is 14.0. The Morgan fingerprint density at radius 2 is 1.94 bits per heavy atom. The van der Waals surface area contributed by atoms with E-state index in [9.17, 15) is 0 Å². The van der Waals surface area contributed by atoms with E-state index in [1.54, 1.807) is 0 Å². The summed E-state index contributed by atoms with van der Waals surface area (Å²) in [4.78, 5) is 3.98. The van der Waals surface area contributed by atoms with Crippen LogP contribution in [0.2, 0.25) is 0 Å². The number of benzene rings is 1. The first-order valence-corrected chi connectivity index (χ1v) is 6.21. The summed E-state index contributed by atoms with van der Waals surface area (Å²) < 4.78 is 0. The molecule has 0 aliphatic heterocycles. The third-order valence-corrected chi connectivity index (χ3v) is 2.69. The highest BCUT2D eigenvalue weighted by Gasteiger charge is 2.16. The quantitative estimate of drug-likeness (QED) is 0.249. The number of nitrogens with zero attached hydrogens (tertiary/aromatic N) is 1. The van der Waals surface area contributed by atoms with E-state index in [1.807, 2.05) is 26.0 Å². The number of fused-ring (bicyclic) bond motifs is 1. The van der Waals surface area contributed by atoms with Gasteiger partial charge in [-0.25, -0.2) is 10.2 Å². The van der Waals surface area contributed by atoms with Gasteiger partial charge in [0.05, 0.1) is 0 Å². The molecule has 5 heteroatoms. The molecule has 5 N–H and O–H groups in total. The highest BCUT2D eigenvalue weighted by molar-refractivity contribution is 6.64. The van der Waals surface area contributed by atoms with Crippen LogP contribution in [0.1, 0.15) is 31.4 Å². The van der Waals surface area contributed by atoms with Crippen LogP contribution in [-0.4, -0.2) is 10.5 Å². The first-order chi connectivity index (χ1) is 8.20. The van der Waals surface area contributed by atoms with Crippen molar-refractivity contribution in [2.24, 2.45) is 10.7 Å². The number of rotatable bonds is 2. The Balaban J connectivity index is 0.000000686. The molecule has 0 aromatic heterocycles. The predicted octanol–water partition coefficient (Wildman–Crippen LogP) is 1.97. The average molecular weight is 257 g/mol. The van der Waals surface area contributed by atoms with Gasteiger partial charge in [-0.05, 0) is 48.1 Å². The van der Waals surface area contributed by atoms with Crippen LogP contribution in [0.15, 0.2) is 17.1 Å². The standard InChI is InChI=1S/C10H12ClN3O.C2H6/c11-10(12)13-8-4-6-2-1-3-7(6)5-9(8)14-15;1-2/h4-5,14-15H,1-3H2,(H2,12,13);1-2H3/p+1. The maximum absolute atomic E-state index is 9.08. The van der Waals surface area contributed by atoms with Crippen molar-refractivity contribution < 1.29 is 10.7 Å². The summed E-state index contributed by atoms with van der Waals surface area (Å²) in [6, 6.07) is 3.89. The maximum atomic E-state index is 9.08. The first-order valence-electron chi connectivity index (χ1n) is 5.83. The van der Waals surface area contributed by atoms with E-state index in [1.165, 1.54) is 11.1 Å². The van der Waals surface area contributed by atoms with Gasteiger partial charge in [-0.2, -0.15) is 5.48 Å². The molecule has 0 saturated carbocycles. The van der Waals surface area contributed by atoms with E-state index in [0.29, 0.717) is 11.4 Å². The average Bonchev–Trinajstić information content (AvgIpc) is 2.77. The van der Waals surface area contributed by atoms with Crippen molar-refractivity contribution in [2.75, 3.05) is 0 Å². The van der Waals surface area contributed by atoms with Crippen molar-refractivity contribution in [1.82, 2.24) is 0 Å². The molecule has 0 atom stereocenters. The fourth-order valence-electron chi connectivity index (χ4n) is 1.95. The van der Waals surface area contributed by atoms with Gasteiger partial charge in [0.15, 0.2) is 11.0 Å². The minimum absolute atomic E-state index is 0.0175. The van der Waals surface area contributed by atoms with E-state index in [4.69, 9.17) is 22.5 Å². The molecule has 1 aromatic rings. The van der Waals surface area contributed by atoms with Crippen molar-refractivity contribution in [1.29, 1.82) is 0 Å². The number of quaternary nitrogens is 1. The van der Waals surface area contributed by atoms with E-state index in [-0.39, 0.29) is 5.29 Å². The number of hydrogen-bond acceptors (Lipinski definition) is 2. The van der Waals surface area contributed by atoms with Crippen LogP contribution < -0.4 is 11.2 Å². The lowest BCUT2D eigenvalue weighted by Crippen LogP contribution is -2.73. The molecule has 2 rings (SSSR count). The second-order valence-corrected chi connectivity index (χ2v) is 3.98. The molecule has 0 heterocycles. The Morgan fingerprint density at radius 3 is 2.47 bits per heavy atom. The van der Waals surface area contributed by atoms with Gasteiger partial charge in [0.2, 0.25) is 0 Å². The Kier molecular flexibility index (Phi) is 5.41. The summed E-state index contributed by atoms with van der Waals surface area (Å²) in [5.41, 5.74) is 10.2. The van der Waals surface area contributed by atoms with Gasteiger partial charge in [0.1, 0.15) is 5.69 Å². The SMILES string of the molecule is CC.NC(Cl)=Nc1cc2c(cc1[NH2+]O)CCC2. The summed E-state index contributed by atoms with van der Waals surface area (Å²) >= 11 is 5.52.